The maximum atomic E-state index is 13.6. The minimum Gasteiger partial charge on any atom is -0.493 e. The Labute approximate surface area is 202 Å². The van der Waals surface area contributed by atoms with Crippen LogP contribution >= 0.6 is 0 Å². The van der Waals surface area contributed by atoms with Crippen molar-refractivity contribution in [2.24, 2.45) is 5.92 Å². The lowest BCUT2D eigenvalue weighted by molar-refractivity contribution is -0.127. The number of rotatable bonds is 8. The molecule has 0 spiro atoms. The third kappa shape index (κ3) is 5.43. The first kappa shape index (κ1) is 24.2. The molecule has 0 aliphatic heterocycles. The highest BCUT2D eigenvalue weighted by Crippen LogP contribution is 2.42. The van der Waals surface area contributed by atoms with Crippen LogP contribution in [0.5, 0.6) is 5.75 Å². The minimum absolute atomic E-state index is 0.00600. The second-order valence-corrected chi connectivity index (χ2v) is 9.79. The van der Waals surface area contributed by atoms with Gasteiger partial charge in [0.25, 0.3) is 0 Å². The van der Waals surface area contributed by atoms with Gasteiger partial charge in [-0.25, -0.2) is 4.79 Å². The highest BCUT2D eigenvalue weighted by atomic mass is 16.5. The van der Waals surface area contributed by atoms with E-state index in [-0.39, 0.29) is 17.9 Å². The normalized spacial score (nSPS) is 18.8. The smallest absolute Gasteiger partial charge is 0.337 e. The first-order valence-corrected chi connectivity index (χ1v) is 12.6. The van der Waals surface area contributed by atoms with Crippen LogP contribution in [0.3, 0.4) is 0 Å². The molecule has 1 aromatic carbocycles. The molecule has 2 aliphatic carbocycles. The largest absolute Gasteiger partial charge is 0.493 e. The molecule has 6 heteroatoms. The molecule has 182 valence electrons. The number of hydrogen-bond donors (Lipinski definition) is 1. The monoisotopic (exact) mass is 464 g/mol. The Morgan fingerprint density at radius 1 is 1.06 bits per heavy atom. The van der Waals surface area contributed by atoms with Crippen molar-refractivity contribution in [2.75, 3.05) is 13.7 Å². The fourth-order valence-corrected chi connectivity index (χ4v) is 5.35. The zero-order valence-corrected chi connectivity index (χ0v) is 20.3. The average molecular weight is 465 g/mol. The van der Waals surface area contributed by atoms with Crippen LogP contribution in [-0.2, 0) is 14.9 Å². The van der Waals surface area contributed by atoms with E-state index in [1.807, 2.05) is 31.2 Å². The van der Waals surface area contributed by atoms with Crippen LogP contribution in [0.1, 0.15) is 92.4 Å². The second-order valence-electron chi connectivity index (χ2n) is 9.79. The molecule has 2 aliphatic rings. The van der Waals surface area contributed by atoms with E-state index in [2.05, 4.69) is 10.3 Å². The summed E-state index contributed by atoms with van der Waals surface area (Å²) in [6.45, 7) is 2.70. The van der Waals surface area contributed by atoms with E-state index >= 15 is 0 Å². The van der Waals surface area contributed by atoms with Gasteiger partial charge < -0.3 is 14.8 Å². The summed E-state index contributed by atoms with van der Waals surface area (Å²) < 4.78 is 10.9. The van der Waals surface area contributed by atoms with E-state index in [1.165, 1.54) is 39.2 Å². The Morgan fingerprint density at radius 2 is 1.76 bits per heavy atom. The third-order valence-electron chi connectivity index (χ3n) is 7.50. The lowest BCUT2D eigenvalue weighted by atomic mass is 9.80. The molecule has 0 saturated heterocycles. The molecule has 1 amide bonds. The van der Waals surface area contributed by atoms with E-state index in [9.17, 15) is 9.59 Å². The first-order valence-electron chi connectivity index (χ1n) is 12.6. The number of aromatic nitrogens is 1. The van der Waals surface area contributed by atoms with Crippen molar-refractivity contribution in [3.8, 4) is 5.75 Å². The van der Waals surface area contributed by atoms with Crippen LogP contribution in [0.25, 0.3) is 0 Å². The standard InChI is InChI=1S/C28H36N2O4/c1-20(22-10-12-23(13-11-22)26(31)33-2)30-27(32)28(15-6-7-16-28)25-18-24(14-17-29-25)34-19-21-8-4-3-5-9-21/h10-14,17-18,20-21H,3-9,15-16,19H2,1-2H3,(H,30,32). The Morgan fingerprint density at radius 3 is 2.44 bits per heavy atom. The molecule has 0 bridgehead atoms. The molecule has 6 nitrogen and oxygen atoms in total. The van der Waals surface area contributed by atoms with Gasteiger partial charge in [0.2, 0.25) is 5.91 Å². The molecule has 2 aromatic rings. The van der Waals surface area contributed by atoms with Crippen LogP contribution in [0.4, 0.5) is 0 Å². The Hall–Kier alpha value is -2.89. The van der Waals surface area contributed by atoms with E-state index in [1.54, 1.807) is 18.3 Å². The van der Waals surface area contributed by atoms with Crippen LogP contribution < -0.4 is 10.1 Å². The van der Waals surface area contributed by atoms with Gasteiger partial charge in [-0.1, -0.05) is 44.2 Å². The number of methoxy groups -OCH3 is 1. The van der Waals surface area contributed by atoms with Gasteiger partial charge in [-0.2, -0.15) is 0 Å². The van der Waals surface area contributed by atoms with Gasteiger partial charge in [0, 0.05) is 12.3 Å². The predicted molar refractivity (Wildman–Crippen MR) is 131 cm³/mol. The van der Waals surface area contributed by atoms with Gasteiger partial charge >= 0.3 is 5.97 Å². The summed E-state index contributed by atoms with van der Waals surface area (Å²) in [7, 11) is 1.37. The number of carbonyl (C=O) groups excluding carboxylic acids is 2. The Kier molecular flexibility index (Phi) is 7.86. The summed E-state index contributed by atoms with van der Waals surface area (Å²) in [5.74, 6) is 1.07. The predicted octanol–water partition coefficient (Wildman–Crippen LogP) is 5.52. The number of carbonyl (C=O) groups is 2. The summed E-state index contributed by atoms with van der Waals surface area (Å²) in [5.41, 5.74) is 1.60. The summed E-state index contributed by atoms with van der Waals surface area (Å²) in [6, 6.07) is 10.9. The molecular formula is C28H36N2O4. The summed E-state index contributed by atoms with van der Waals surface area (Å²) in [5, 5.41) is 3.21. The van der Waals surface area contributed by atoms with E-state index in [0.29, 0.717) is 11.5 Å². The molecule has 34 heavy (non-hydrogen) atoms. The SMILES string of the molecule is COC(=O)c1ccc(C(C)NC(=O)C2(c3cc(OCC4CCCCC4)ccn3)CCCC2)cc1. The quantitative estimate of drug-likeness (QED) is 0.521. The lowest BCUT2D eigenvalue weighted by Crippen LogP contribution is -2.44. The van der Waals surface area contributed by atoms with Crippen LogP contribution in [0.2, 0.25) is 0 Å². The van der Waals surface area contributed by atoms with Gasteiger partial charge in [-0.3, -0.25) is 9.78 Å². The number of nitrogens with zero attached hydrogens (tertiary/aromatic N) is 1. The van der Waals surface area contributed by atoms with E-state index in [0.717, 1.165) is 49.3 Å². The van der Waals surface area contributed by atoms with E-state index < -0.39 is 5.41 Å². The molecule has 1 atom stereocenters. The number of pyridine rings is 1. The van der Waals surface area contributed by atoms with Crippen molar-refractivity contribution in [1.29, 1.82) is 0 Å². The maximum absolute atomic E-state index is 13.6. The van der Waals surface area contributed by atoms with Crippen molar-refractivity contribution in [1.82, 2.24) is 10.3 Å². The molecule has 0 radical (unpaired) electrons. The van der Waals surface area contributed by atoms with Crippen molar-refractivity contribution in [3.05, 3.63) is 59.4 Å². The van der Waals surface area contributed by atoms with Crippen LogP contribution in [0, 0.1) is 5.92 Å². The highest BCUT2D eigenvalue weighted by Gasteiger charge is 2.44. The van der Waals surface area contributed by atoms with Gasteiger partial charge in [0.1, 0.15) is 5.75 Å². The average Bonchev–Trinajstić information content (AvgIpc) is 3.39. The topological polar surface area (TPSA) is 77.5 Å². The van der Waals surface area contributed by atoms with Gasteiger partial charge in [-0.05, 0) is 62.3 Å². The molecule has 2 fully saturated rings. The summed E-state index contributed by atoms with van der Waals surface area (Å²) >= 11 is 0. The molecule has 1 unspecified atom stereocenters. The number of ether oxygens (including phenoxy) is 2. The van der Waals surface area contributed by atoms with Crippen LogP contribution in [-0.4, -0.2) is 30.6 Å². The molecule has 1 N–H and O–H groups in total. The van der Waals surface area contributed by atoms with Crippen molar-refractivity contribution >= 4 is 11.9 Å². The molecular weight excluding hydrogens is 428 g/mol. The van der Waals surface area contributed by atoms with Crippen molar-refractivity contribution in [2.45, 2.75) is 76.2 Å². The Bertz CT molecular complexity index is 976. The number of nitrogens with one attached hydrogen (secondary N) is 1. The zero-order valence-electron chi connectivity index (χ0n) is 20.3. The second kappa shape index (κ2) is 11.0. The number of hydrogen-bond acceptors (Lipinski definition) is 5. The van der Waals surface area contributed by atoms with Crippen LogP contribution in [0.15, 0.2) is 42.6 Å². The zero-order chi connectivity index (χ0) is 24.0. The Balaban J connectivity index is 1.46. The third-order valence-corrected chi connectivity index (χ3v) is 7.50. The van der Waals surface area contributed by atoms with Gasteiger partial charge in [0.05, 0.1) is 36.4 Å². The number of esters is 1. The number of amides is 1. The molecule has 4 rings (SSSR count). The fraction of sp³-hybridized carbons (Fsp3) is 0.536. The van der Waals surface area contributed by atoms with E-state index in [4.69, 9.17) is 9.47 Å². The molecule has 2 saturated carbocycles. The maximum Gasteiger partial charge on any atom is 0.337 e. The minimum atomic E-state index is -0.634. The first-order chi connectivity index (χ1) is 16.5. The molecule has 1 aromatic heterocycles. The lowest BCUT2D eigenvalue weighted by Gasteiger charge is -2.29. The summed E-state index contributed by atoms with van der Waals surface area (Å²) in [4.78, 5) is 30.0. The number of benzene rings is 1. The summed E-state index contributed by atoms with van der Waals surface area (Å²) in [6.07, 6.45) is 11.7. The van der Waals surface area contributed by atoms with Crippen molar-refractivity contribution < 1.29 is 19.1 Å². The highest BCUT2D eigenvalue weighted by molar-refractivity contribution is 5.90. The van der Waals surface area contributed by atoms with Crippen molar-refractivity contribution in [3.63, 3.8) is 0 Å². The van der Waals surface area contributed by atoms with Gasteiger partial charge in [0.15, 0.2) is 0 Å². The fourth-order valence-electron chi connectivity index (χ4n) is 5.35. The van der Waals surface area contributed by atoms with Gasteiger partial charge in [-0.15, -0.1) is 0 Å². The molecule has 1 heterocycles.